The highest BCUT2D eigenvalue weighted by Gasteiger charge is 2.30. The van der Waals surface area contributed by atoms with Crippen molar-refractivity contribution in [1.82, 2.24) is 10.2 Å². The third-order valence-corrected chi connectivity index (χ3v) is 3.95. The zero-order valence-corrected chi connectivity index (χ0v) is 13.1. The van der Waals surface area contributed by atoms with Gasteiger partial charge in [0.1, 0.15) is 0 Å². The molecule has 0 spiro atoms. The lowest BCUT2D eigenvalue weighted by molar-refractivity contribution is -0.0611. The van der Waals surface area contributed by atoms with Gasteiger partial charge in [-0.25, -0.2) is 0 Å². The number of rotatable bonds is 5. The number of morpholine rings is 1. The molecular formula is C16H27N3O. The summed E-state index contributed by atoms with van der Waals surface area (Å²) in [6.45, 7) is 5.83. The van der Waals surface area contributed by atoms with Crippen molar-refractivity contribution >= 4 is 5.69 Å². The molecule has 112 valence electrons. The topological polar surface area (TPSA) is 27.7 Å². The van der Waals surface area contributed by atoms with Crippen molar-refractivity contribution in [3.63, 3.8) is 0 Å². The number of nitrogens with zero attached hydrogens (tertiary/aromatic N) is 2. The molecule has 1 aliphatic rings. The van der Waals surface area contributed by atoms with Crippen LogP contribution in [-0.4, -0.2) is 58.4 Å². The van der Waals surface area contributed by atoms with Gasteiger partial charge in [-0.1, -0.05) is 19.1 Å². The summed E-state index contributed by atoms with van der Waals surface area (Å²) in [6.07, 6.45) is 0.221. The largest absolute Gasteiger partial charge is 0.378 e. The third-order valence-electron chi connectivity index (χ3n) is 3.95. The molecule has 0 amide bonds. The predicted octanol–water partition coefficient (Wildman–Crippen LogP) is 1.73. The van der Waals surface area contributed by atoms with Gasteiger partial charge in [0.05, 0.1) is 18.8 Å². The molecule has 0 saturated carbocycles. The molecule has 1 saturated heterocycles. The summed E-state index contributed by atoms with van der Waals surface area (Å²) in [5, 5.41) is 3.41. The fourth-order valence-corrected chi connectivity index (χ4v) is 2.76. The molecule has 1 heterocycles. The molecule has 1 aliphatic heterocycles. The van der Waals surface area contributed by atoms with Crippen LogP contribution >= 0.6 is 0 Å². The monoisotopic (exact) mass is 277 g/mol. The van der Waals surface area contributed by atoms with Crippen LogP contribution in [0.15, 0.2) is 24.3 Å². The minimum absolute atomic E-state index is 0.221. The molecule has 2 rings (SSSR count). The van der Waals surface area contributed by atoms with Gasteiger partial charge >= 0.3 is 0 Å². The summed E-state index contributed by atoms with van der Waals surface area (Å²) in [6, 6.07) is 9.15. The second kappa shape index (κ2) is 7.07. The van der Waals surface area contributed by atoms with Crippen LogP contribution in [0.2, 0.25) is 0 Å². The van der Waals surface area contributed by atoms with Crippen molar-refractivity contribution < 1.29 is 4.74 Å². The highest BCUT2D eigenvalue weighted by Crippen LogP contribution is 2.29. The van der Waals surface area contributed by atoms with E-state index in [1.165, 1.54) is 11.3 Å². The van der Waals surface area contributed by atoms with E-state index >= 15 is 0 Å². The lowest BCUT2D eigenvalue weighted by Crippen LogP contribution is -2.47. The first-order valence-corrected chi connectivity index (χ1v) is 7.43. The maximum atomic E-state index is 5.98. The van der Waals surface area contributed by atoms with Crippen LogP contribution in [-0.2, 0) is 4.74 Å². The van der Waals surface area contributed by atoms with E-state index in [1.54, 1.807) is 0 Å². The Labute approximate surface area is 122 Å². The third kappa shape index (κ3) is 3.51. The lowest BCUT2D eigenvalue weighted by Gasteiger charge is -2.39. The molecule has 1 aromatic rings. The van der Waals surface area contributed by atoms with E-state index in [0.29, 0.717) is 6.04 Å². The first kappa shape index (κ1) is 15.3. The number of hydrogen-bond donors (Lipinski definition) is 1. The van der Waals surface area contributed by atoms with E-state index in [2.05, 4.69) is 67.4 Å². The number of likely N-dealkylation sites (N-methyl/N-ethyl adjacent to an activating group) is 2. The Morgan fingerprint density at radius 1 is 1.30 bits per heavy atom. The average molecular weight is 277 g/mol. The number of benzene rings is 1. The number of anilines is 1. The van der Waals surface area contributed by atoms with E-state index in [0.717, 1.165) is 26.2 Å². The van der Waals surface area contributed by atoms with Crippen molar-refractivity contribution in [2.45, 2.75) is 19.1 Å². The molecule has 4 nitrogen and oxygen atoms in total. The molecule has 0 radical (unpaired) electrons. The van der Waals surface area contributed by atoms with Crippen LogP contribution < -0.4 is 10.2 Å². The minimum Gasteiger partial charge on any atom is -0.378 e. The van der Waals surface area contributed by atoms with E-state index < -0.39 is 0 Å². The van der Waals surface area contributed by atoms with Gasteiger partial charge in [-0.15, -0.1) is 0 Å². The molecule has 2 atom stereocenters. The second-order valence-electron chi connectivity index (χ2n) is 5.63. The standard InChI is InChI=1S/C16H27N3O/c1-5-17-12-15-16(19(4)10-11-20-15)13-6-8-14(9-7-13)18(2)3/h6-9,15-17H,5,10-12H2,1-4H3. The molecular weight excluding hydrogens is 250 g/mol. The van der Waals surface area contributed by atoms with E-state index in [4.69, 9.17) is 4.74 Å². The van der Waals surface area contributed by atoms with Crippen molar-refractivity contribution in [3.8, 4) is 0 Å². The SMILES string of the molecule is CCNCC1OCCN(C)C1c1ccc(N(C)C)cc1. The fourth-order valence-electron chi connectivity index (χ4n) is 2.76. The minimum atomic E-state index is 0.221. The van der Waals surface area contributed by atoms with Crippen molar-refractivity contribution in [1.29, 1.82) is 0 Å². The first-order chi connectivity index (χ1) is 9.63. The van der Waals surface area contributed by atoms with E-state index in [-0.39, 0.29) is 6.10 Å². The van der Waals surface area contributed by atoms with Gasteiger partial charge < -0.3 is 15.0 Å². The Bertz CT molecular complexity index is 405. The summed E-state index contributed by atoms with van der Waals surface area (Å²) in [4.78, 5) is 4.52. The Morgan fingerprint density at radius 2 is 2.00 bits per heavy atom. The maximum Gasteiger partial charge on any atom is 0.0896 e. The molecule has 0 aromatic heterocycles. The Balaban J connectivity index is 2.16. The van der Waals surface area contributed by atoms with Gasteiger partial charge in [-0.3, -0.25) is 4.90 Å². The summed E-state index contributed by atoms with van der Waals surface area (Å²) >= 11 is 0. The summed E-state index contributed by atoms with van der Waals surface area (Å²) in [5.41, 5.74) is 2.57. The van der Waals surface area contributed by atoms with Crippen molar-refractivity contribution in [3.05, 3.63) is 29.8 Å². The van der Waals surface area contributed by atoms with Gasteiger partial charge in [0.15, 0.2) is 0 Å². The molecule has 0 aliphatic carbocycles. The van der Waals surface area contributed by atoms with E-state index in [1.807, 2.05) is 0 Å². The Hall–Kier alpha value is -1.10. The smallest absolute Gasteiger partial charge is 0.0896 e. The van der Waals surface area contributed by atoms with Gasteiger partial charge in [-0.05, 0) is 31.3 Å². The fraction of sp³-hybridized carbons (Fsp3) is 0.625. The highest BCUT2D eigenvalue weighted by atomic mass is 16.5. The average Bonchev–Trinajstić information content (AvgIpc) is 2.45. The Morgan fingerprint density at radius 3 is 2.60 bits per heavy atom. The molecule has 1 fully saturated rings. The van der Waals surface area contributed by atoms with Crippen LogP contribution in [0.1, 0.15) is 18.5 Å². The number of hydrogen-bond acceptors (Lipinski definition) is 4. The molecule has 1 N–H and O–H groups in total. The van der Waals surface area contributed by atoms with Crippen LogP contribution in [0.5, 0.6) is 0 Å². The van der Waals surface area contributed by atoms with Crippen LogP contribution in [0.4, 0.5) is 5.69 Å². The summed E-state index contributed by atoms with van der Waals surface area (Å²) < 4.78 is 5.98. The predicted molar refractivity (Wildman–Crippen MR) is 84.4 cm³/mol. The maximum absolute atomic E-state index is 5.98. The molecule has 20 heavy (non-hydrogen) atoms. The summed E-state index contributed by atoms with van der Waals surface area (Å²) in [7, 11) is 6.32. The molecule has 1 aromatic carbocycles. The second-order valence-corrected chi connectivity index (χ2v) is 5.63. The normalized spacial score (nSPS) is 23.8. The van der Waals surface area contributed by atoms with Crippen LogP contribution in [0.3, 0.4) is 0 Å². The van der Waals surface area contributed by atoms with Gasteiger partial charge in [0.2, 0.25) is 0 Å². The van der Waals surface area contributed by atoms with Gasteiger partial charge in [0, 0.05) is 32.9 Å². The highest BCUT2D eigenvalue weighted by molar-refractivity contribution is 5.46. The summed E-state index contributed by atoms with van der Waals surface area (Å²) in [5.74, 6) is 0. The van der Waals surface area contributed by atoms with Crippen molar-refractivity contribution in [2.24, 2.45) is 0 Å². The number of nitrogens with one attached hydrogen (secondary N) is 1. The zero-order chi connectivity index (χ0) is 14.5. The molecule has 4 heteroatoms. The molecule has 2 unspecified atom stereocenters. The van der Waals surface area contributed by atoms with Gasteiger partial charge in [0.25, 0.3) is 0 Å². The van der Waals surface area contributed by atoms with Gasteiger partial charge in [-0.2, -0.15) is 0 Å². The molecule has 0 bridgehead atoms. The first-order valence-electron chi connectivity index (χ1n) is 7.43. The quantitative estimate of drug-likeness (QED) is 0.887. The zero-order valence-electron chi connectivity index (χ0n) is 13.1. The van der Waals surface area contributed by atoms with E-state index in [9.17, 15) is 0 Å². The lowest BCUT2D eigenvalue weighted by atomic mass is 9.98. The van der Waals surface area contributed by atoms with Crippen molar-refractivity contribution in [2.75, 3.05) is 52.3 Å². The number of ether oxygens (including phenoxy) is 1. The van der Waals surface area contributed by atoms with Crippen LogP contribution in [0, 0.1) is 0 Å². The Kier molecular flexibility index (Phi) is 5.40. The van der Waals surface area contributed by atoms with Crippen LogP contribution in [0.25, 0.3) is 0 Å².